The predicted octanol–water partition coefficient (Wildman–Crippen LogP) is 2.00. The Morgan fingerprint density at radius 2 is 1.86 bits per heavy atom. The predicted molar refractivity (Wildman–Crippen MR) is 76.6 cm³/mol. The molecule has 0 saturated heterocycles. The average molecular weight is 295 g/mol. The normalized spacial score (nSPS) is 18.4. The first-order valence-corrected chi connectivity index (χ1v) is 6.60. The van der Waals surface area contributed by atoms with Crippen molar-refractivity contribution in [1.29, 1.82) is 0 Å². The average Bonchev–Trinajstić information content (AvgIpc) is 2.80. The number of fused-ring (bicyclic) bond motifs is 5. The Bertz CT molecular complexity index is 862. The zero-order chi connectivity index (χ0) is 15.4. The summed E-state index contributed by atoms with van der Waals surface area (Å²) < 4.78 is 0. The van der Waals surface area contributed by atoms with Crippen LogP contribution in [-0.2, 0) is 0 Å². The Balaban J connectivity index is 1.91. The first-order chi connectivity index (χ1) is 10.6. The highest BCUT2D eigenvalue weighted by Gasteiger charge is 2.43. The molecule has 0 saturated carbocycles. The molecule has 7 nitrogen and oxygen atoms in total. The van der Waals surface area contributed by atoms with Crippen molar-refractivity contribution in [3.05, 3.63) is 69.3 Å². The number of nitrogens with one attached hydrogen (secondary N) is 1. The Kier molecular flexibility index (Phi) is 2.35. The van der Waals surface area contributed by atoms with E-state index in [1.807, 2.05) is 0 Å². The van der Waals surface area contributed by atoms with Crippen LogP contribution in [0.15, 0.2) is 42.5 Å². The van der Waals surface area contributed by atoms with E-state index in [9.17, 15) is 19.7 Å². The van der Waals surface area contributed by atoms with Gasteiger partial charge in [0.05, 0.1) is 21.7 Å². The lowest BCUT2D eigenvalue weighted by Crippen LogP contribution is -2.45. The molecule has 2 amide bonds. The van der Waals surface area contributed by atoms with Crippen molar-refractivity contribution in [2.45, 2.75) is 6.17 Å². The number of non-ortho nitro benzene ring substituents is 1. The van der Waals surface area contributed by atoms with E-state index in [2.05, 4.69) is 5.32 Å². The Morgan fingerprint density at radius 1 is 1.09 bits per heavy atom. The summed E-state index contributed by atoms with van der Waals surface area (Å²) in [5, 5.41) is 13.6. The van der Waals surface area contributed by atoms with Gasteiger partial charge in [-0.15, -0.1) is 0 Å². The van der Waals surface area contributed by atoms with Crippen LogP contribution >= 0.6 is 0 Å². The third-order valence-electron chi connectivity index (χ3n) is 3.93. The van der Waals surface area contributed by atoms with Crippen molar-refractivity contribution >= 4 is 23.2 Å². The van der Waals surface area contributed by atoms with E-state index in [4.69, 9.17) is 0 Å². The number of hydrogen-bond donors (Lipinski definition) is 1. The van der Waals surface area contributed by atoms with Crippen molar-refractivity contribution in [3.8, 4) is 0 Å². The molecule has 22 heavy (non-hydrogen) atoms. The van der Waals surface area contributed by atoms with E-state index in [-0.39, 0.29) is 23.1 Å². The van der Waals surface area contributed by atoms with Crippen LogP contribution in [0.3, 0.4) is 0 Å². The Labute approximate surface area is 124 Å². The van der Waals surface area contributed by atoms with Crippen LogP contribution in [0.2, 0.25) is 0 Å². The lowest BCUT2D eigenvalue weighted by molar-refractivity contribution is -0.384. The second kappa shape index (κ2) is 4.14. The molecule has 0 radical (unpaired) electrons. The fourth-order valence-corrected chi connectivity index (χ4v) is 2.94. The SMILES string of the molecule is O=C1N[C@@H]2c3ccc([N+](=O)[O-])cc3C(=O)N2c2ccccc21. The molecule has 2 aromatic carbocycles. The number of benzene rings is 2. The first kappa shape index (κ1) is 12.5. The van der Waals surface area contributed by atoms with E-state index >= 15 is 0 Å². The maximum atomic E-state index is 12.6. The van der Waals surface area contributed by atoms with E-state index in [1.54, 1.807) is 24.3 Å². The molecule has 0 bridgehead atoms. The molecule has 2 aliphatic rings. The number of rotatable bonds is 1. The Morgan fingerprint density at radius 3 is 2.64 bits per heavy atom. The summed E-state index contributed by atoms with van der Waals surface area (Å²) >= 11 is 0. The molecule has 4 rings (SSSR count). The number of hydrogen-bond acceptors (Lipinski definition) is 4. The van der Waals surface area contributed by atoms with Gasteiger partial charge in [-0.3, -0.25) is 24.6 Å². The van der Waals surface area contributed by atoms with Crippen LogP contribution in [-0.4, -0.2) is 16.7 Å². The number of carbonyl (C=O) groups is 2. The highest BCUT2D eigenvalue weighted by Crippen LogP contribution is 2.41. The van der Waals surface area contributed by atoms with Gasteiger partial charge in [-0.05, 0) is 18.2 Å². The minimum absolute atomic E-state index is 0.147. The Hall–Kier alpha value is -3.22. The number of anilines is 1. The van der Waals surface area contributed by atoms with E-state index < -0.39 is 11.1 Å². The van der Waals surface area contributed by atoms with Crippen LogP contribution in [0.5, 0.6) is 0 Å². The minimum Gasteiger partial charge on any atom is -0.327 e. The minimum atomic E-state index is -0.620. The molecular weight excluding hydrogens is 286 g/mol. The molecule has 0 fully saturated rings. The van der Waals surface area contributed by atoms with Gasteiger partial charge in [-0.25, -0.2) is 0 Å². The van der Waals surface area contributed by atoms with Crippen LogP contribution in [0.25, 0.3) is 0 Å². The van der Waals surface area contributed by atoms with Gasteiger partial charge in [0.15, 0.2) is 0 Å². The lowest BCUT2D eigenvalue weighted by atomic mass is 10.1. The molecule has 7 heteroatoms. The smallest absolute Gasteiger partial charge is 0.270 e. The maximum absolute atomic E-state index is 12.6. The van der Waals surface area contributed by atoms with Gasteiger partial charge in [0.2, 0.25) is 0 Å². The fourth-order valence-electron chi connectivity index (χ4n) is 2.94. The zero-order valence-electron chi connectivity index (χ0n) is 11.1. The van der Waals surface area contributed by atoms with Crippen LogP contribution in [0.1, 0.15) is 32.4 Å². The lowest BCUT2D eigenvalue weighted by Gasteiger charge is -2.32. The molecule has 0 aliphatic carbocycles. The number of amides is 2. The standard InChI is InChI=1S/C15H9N3O4/c19-14-10-3-1-2-4-12(10)17-13(16-14)9-6-5-8(18(21)22)7-11(9)15(17)20/h1-7,13H,(H,16,19)/t13-/m0/s1. The maximum Gasteiger partial charge on any atom is 0.270 e. The van der Waals surface area contributed by atoms with Gasteiger partial charge >= 0.3 is 0 Å². The highest BCUT2D eigenvalue weighted by atomic mass is 16.6. The molecule has 1 atom stereocenters. The third-order valence-corrected chi connectivity index (χ3v) is 3.93. The number of nitro benzene ring substituents is 1. The molecule has 0 spiro atoms. The van der Waals surface area contributed by atoms with Crippen LogP contribution in [0.4, 0.5) is 11.4 Å². The summed E-state index contributed by atoms with van der Waals surface area (Å²) in [4.78, 5) is 36.6. The summed E-state index contributed by atoms with van der Waals surface area (Å²) in [5.41, 5.74) is 1.59. The molecule has 108 valence electrons. The van der Waals surface area contributed by atoms with Crippen molar-refractivity contribution in [3.63, 3.8) is 0 Å². The van der Waals surface area contributed by atoms with E-state index in [1.165, 1.54) is 23.1 Å². The molecule has 1 N–H and O–H groups in total. The van der Waals surface area contributed by atoms with Gasteiger partial charge in [0.1, 0.15) is 6.17 Å². The van der Waals surface area contributed by atoms with Crippen LogP contribution < -0.4 is 10.2 Å². The summed E-state index contributed by atoms with van der Waals surface area (Å²) in [6.45, 7) is 0. The molecule has 2 aromatic rings. The number of carbonyl (C=O) groups excluding carboxylic acids is 2. The highest BCUT2D eigenvalue weighted by molar-refractivity contribution is 6.16. The number of nitro groups is 1. The third kappa shape index (κ3) is 1.50. The summed E-state index contributed by atoms with van der Waals surface area (Å²) in [5.74, 6) is -0.619. The van der Waals surface area contributed by atoms with Crippen molar-refractivity contribution in [2.75, 3.05) is 4.90 Å². The van der Waals surface area contributed by atoms with Gasteiger partial charge in [0.25, 0.3) is 17.5 Å². The van der Waals surface area contributed by atoms with Crippen molar-refractivity contribution in [1.82, 2.24) is 5.32 Å². The van der Waals surface area contributed by atoms with E-state index in [0.29, 0.717) is 16.8 Å². The van der Waals surface area contributed by atoms with Crippen molar-refractivity contribution in [2.24, 2.45) is 0 Å². The summed E-state index contributed by atoms with van der Waals surface area (Å²) in [6.07, 6.45) is -0.620. The quantitative estimate of drug-likeness (QED) is 0.643. The topological polar surface area (TPSA) is 92.5 Å². The summed E-state index contributed by atoms with van der Waals surface area (Å²) in [6, 6.07) is 10.9. The van der Waals surface area contributed by atoms with Gasteiger partial charge in [-0.2, -0.15) is 0 Å². The second-order valence-corrected chi connectivity index (χ2v) is 5.10. The molecule has 2 aliphatic heterocycles. The summed E-state index contributed by atoms with van der Waals surface area (Å²) in [7, 11) is 0. The van der Waals surface area contributed by atoms with E-state index in [0.717, 1.165) is 0 Å². The largest absolute Gasteiger partial charge is 0.327 e. The first-order valence-electron chi connectivity index (χ1n) is 6.60. The van der Waals surface area contributed by atoms with Gasteiger partial charge < -0.3 is 5.32 Å². The molecule has 0 aromatic heterocycles. The number of para-hydroxylation sites is 1. The number of nitrogens with zero attached hydrogens (tertiary/aromatic N) is 2. The zero-order valence-corrected chi connectivity index (χ0v) is 11.1. The monoisotopic (exact) mass is 295 g/mol. The molecular formula is C15H9N3O4. The molecule has 2 heterocycles. The molecule has 0 unspecified atom stereocenters. The van der Waals surface area contributed by atoms with Crippen LogP contribution in [0, 0.1) is 10.1 Å². The van der Waals surface area contributed by atoms with Gasteiger partial charge in [-0.1, -0.05) is 12.1 Å². The van der Waals surface area contributed by atoms with Crippen molar-refractivity contribution < 1.29 is 14.5 Å². The van der Waals surface area contributed by atoms with Gasteiger partial charge in [0, 0.05) is 17.7 Å². The second-order valence-electron chi connectivity index (χ2n) is 5.10. The fraction of sp³-hybridized carbons (Fsp3) is 0.0667.